The van der Waals surface area contributed by atoms with Gasteiger partial charge in [0.25, 0.3) is 0 Å². The van der Waals surface area contributed by atoms with Gasteiger partial charge in [0.1, 0.15) is 0 Å². The van der Waals surface area contributed by atoms with E-state index in [4.69, 9.17) is 5.21 Å². The quantitative estimate of drug-likeness (QED) is 0.348. The van der Waals surface area contributed by atoms with Crippen LogP contribution in [0.15, 0.2) is 0 Å². The minimum Gasteiger partial charge on any atom is -0.289 e. The maximum absolute atomic E-state index is 12.2. The van der Waals surface area contributed by atoms with Crippen LogP contribution in [-0.2, 0) is 14.6 Å². The minimum atomic E-state index is -3.25. The molecule has 0 radical (unpaired) electrons. The first-order valence-corrected chi connectivity index (χ1v) is 8.84. The van der Waals surface area contributed by atoms with E-state index >= 15 is 0 Å². The van der Waals surface area contributed by atoms with Crippen LogP contribution in [-0.4, -0.2) is 30.5 Å². The summed E-state index contributed by atoms with van der Waals surface area (Å²) < 4.78 is 24.4. The fraction of sp³-hybridized carbons (Fsp3) is 0.923. The molecule has 6 heteroatoms. The van der Waals surface area contributed by atoms with Crippen LogP contribution in [0.25, 0.3) is 0 Å². The summed E-state index contributed by atoms with van der Waals surface area (Å²) in [4.78, 5) is 11.2. The Morgan fingerprint density at radius 2 is 1.74 bits per heavy atom. The largest absolute Gasteiger partial charge is 0.289 e. The molecule has 0 aromatic carbocycles. The Balaban J connectivity index is 4.48. The summed E-state index contributed by atoms with van der Waals surface area (Å²) in [5.41, 5.74) is 1.52. The van der Waals surface area contributed by atoms with Crippen LogP contribution in [0.4, 0.5) is 0 Å². The fourth-order valence-corrected chi connectivity index (χ4v) is 3.86. The van der Waals surface area contributed by atoms with Crippen LogP contribution >= 0.6 is 0 Å². The summed E-state index contributed by atoms with van der Waals surface area (Å²) in [7, 11) is -3.25. The lowest BCUT2D eigenvalue weighted by atomic mass is 10.1. The van der Waals surface area contributed by atoms with E-state index in [1.165, 1.54) is 5.48 Å². The summed E-state index contributed by atoms with van der Waals surface area (Å²) in [6.45, 7) is 4.06. The van der Waals surface area contributed by atoms with Crippen LogP contribution in [0, 0.1) is 0 Å². The van der Waals surface area contributed by atoms with Gasteiger partial charge in [0.15, 0.2) is 9.84 Å². The predicted molar refractivity (Wildman–Crippen MR) is 75.8 cm³/mol. The highest BCUT2D eigenvalue weighted by molar-refractivity contribution is 7.92. The lowest BCUT2D eigenvalue weighted by molar-refractivity contribution is -0.129. The number of sulfone groups is 1. The molecular formula is C13H27NO4S. The Hall–Kier alpha value is -0.620. The van der Waals surface area contributed by atoms with Crippen molar-refractivity contribution in [1.29, 1.82) is 0 Å². The third-order valence-corrected chi connectivity index (χ3v) is 5.48. The second-order valence-corrected chi connectivity index (χ2v) is 7.33. The van der Waals surface area contributed by atoms with E-state index in [0.717, 1.165) is 32.1 Å². The van der Waals surface area contributed by atoms with Crippen molar-refractivity contribution in [3.05, 3.63) is 0 Å². The molecule has 0 aliphatic carbocycles. The van der Waals surface area contributed by atoms with Crippen molar-refractivity contribution in [2.45, 2.75) is 70.5 Å². The highest BCUT2D eigenvalue weighted by Gasteiger charge is 2.26. The Morgan fingerprint density at radius 3 is 2.26 bits per heavy atom. The van der Waals surface area contributed by atoms with E-state index in [1.807, 2.05) is 6.92 Å². The number of hydrogen-bond acceptors (Lipinski definition) is 4. The Bertz CT molecular complexity index is 341. The SMILES string of the molecule is CCCCCCS(=O)(=O)[C@H](CCCC)CC(=O)NO. The molecule has 0 aliphatic heterocycles. The number of rotatable bonds is 11. The second kappa shape index (κ2) is 10.2. The minimum absolute atomic E-state index is 0.139. The maximum Gasteiger partial charge on any atom is 0.244 e. The van der Waals surface area contributed by atoms with Crippen LogP contribution in [0.1, 0.15) is 65.2 Å². The first-order valence-electron chi connectivity index (χ1n) is 7.12. The number of amides is 1. The lowest BCUT2D eigenvalue weighted by Gasteiger charge is -2.16. The van der Waals surface area contributed by atoms with Crippen LogP contribution in [0.5, 0.6) is 0 Å². The summed E-state index contributed by atoms with van der Waals surface area (Å²) in [5, 5.41) is 7.86. The zero-order valence-electron chi connectivity index (χ0n) is 12.0. The standard InChI is InChI=1S/C13H27NO4S/c1-3-5-7-8-10-19(17,18)12(9-6-4-2)11-13(15)14-16/h12,16H,3-11H2,1-2H3,(H,14,15)/t12-/m1/s1. The summed E-state index contributed by atoms with van der Waals surface area (Å²) >= 11 is 0. The fourth-order valence-electron chi connectivity index (χ4n) is 1.99. The number of hydroxylamine groups is 1. The molecule has 0 rings (SSSR count). The van der Waals surface area contributed by atoms with Crippen LogP contribution < -0.4 is 5.48 Å². The van der Waals surface area contributed by atoms with E-state index in [9.17, 15) is 13.2 Å². The molecule has 0 aliphatic rings. The molecule has 0 saturated heterocycles. The third kappa shape index (κ3) is 8.21. The predicted octanol–water partition coefficient (Wildman–Crippen LogP) is 2.44. The van der Waals surface area contributed by atoms with E-state index in [-0.39, 0.29) is 12.2 Å². The summed E-state index contributed by atoms with van der Waals surface area (Å²) in [6.07, 6.45) is 5.66. The van der Waals surface area contributed by atoms with Gasteiger partial charge in [0.2, 0.25) is 5.91 Å². The van der Waals surface area contributed by atoms with Crippen LogP contribution in [0.2, 0.25) is 0 Å². The maximum atomic E-state index is 12.2. The lowest BCUT2D eigenvalue weighted by Crippen LogP contribution is -2.31. The zero-order chi connectivity index (χ0) is 14.7. The van der Waals surface area contributed by atoms with Gasteiger partial charge in [-0.15, -0.1) is 0 Å². The molecule has 0 spiro atoms. The number of hydrogen-bond donors (Lipinski definition) is 2. The highest BCUT2D eigenvalue weighted by Crippen LogP contribution is 2.17. The summed E-state index contributed by atoms with van der Waals surface area (Å²) in [6, 6.07) is 0. The molecule has 0 fully saturated rings. The Labute approximate surface area is 116 Å². The molecule has 0 aromatic heterocycles. The van der Waals surface area contributed by atoms with Gasteiger partial charge in [0, 0.05) is 6.42 Å². The molecule has 19 heavy (non-hydrogen) atoms. The number of carbonyl (C=O) groups is 1. The number of nitrogens with one attached hydrogen (secondary N) is 1. The van der Waals surface area contributed by atoms with Gasteiger partial charge in [-0.1, -0.05) is 46.0 Å². The monoisotopic (exact) mass is 293 g/mol. The van der Waals surface area contributed by atoms with Gasteiger partial charge in [-0.2, -0.15) is 0 Å². The number of unbranched alkanes of at least 4 members (excludes halogenated alkanes) is 4. The van der Waals surface area contributed by atoms with Crippen molar-refractivity contribution >= 4 is 15.7 Å². The van der Waals surface area contributed by atoms with Gasteiger partial charge >= 0.3 is 0 Å². The first-order chi connectivity index (χ1) is 8.97. The molecule has 5 nitrogen and oxygen atoms in total. The molecule has 0 heterocycles. The van der Waals surface area contributed by atoms with Gasteiger partial charge < -0.3 is 0 Å². The normalized spacial score (nSPS) is 13.2. The average molecular weight is 293 g/mol. The molecule has 0 aromatic rings. The van der Waals surface area contributed by atoms with E-state index in [1.54, 1.807) is 0 Å². The van der Waals surface area contributed by atoms with E-state index in [0.29, 0.717) is 12.8 Å². The third-order valence-electron chi connectivity index (χ3n) is 3.21. The van der Waals surface area contributed by atoms with Gasteiger partial charge in [-0.25, -0.2) is 13.9 Å². The molecular weight excluding hydrogens is 266 g/mol. The van der Waals surface area contributed by atoms with Crippen molar-refractivity contribution < 1.29 is 18.4 Å². The second-order valence-electron chi connectivity index (χ2n) is 4.93. The topological polar surface area (TPSA) is 83.5 Å². The number of carbonyl (C=O) groups excluding carboxylic acids is 1. The average Bonchev–Trinajstić information content (AvgIpc) is 2.39. The van der Waals surface area contributed by atoms with Crippen LogP contribution in [0.3, 0.4) is 0 Å². The Kier molecular flexibility index (Phi) is 9.87. The van der Waals surface area contributed by atoms with Crippen molar-refractivity contribution in [3.63, 3.8) is 0 Å². The Morgan fingerprint density at radius 1 is 1.11 bits per heavy atom. The molecule has 0 saturated carbocycles. The molecule has 1 atom stereocenters. The van der Waals surface area contributed by atoms with Crippen molar-refractivity contribution in [1.82, 2.24) is 5.48 Å². The smallest absolute Gasteiger partial charge is 0.244 e. The molecule has 1 amide bonds. The molecule has 0 unspecified atom stereocenters. The molecule has 2 N–H and O–H groups in total. The van der Waals surface area contributed by atoms with Gasteiger partial charge in [-0.05, 0) is 12.8 Å². The highest BCUT2D eigenvalue weighted by atomic mass is 32.2. The van der Waals surface area contributed by atoms with E-state index in [2.05, 4.69) is 6.92 Å². The summed E-state index contributed by atoms with van der Waals surface area (Å²) in [5.74, 6) is -0.488. The molecule has 114 valence electrons. The zero-order valence-corrected chi connectivity index (χ0v) is 12.8. The van der Waals surface area contributed by atoms with Crippen molar-refractivity contribution in [3.8, 4) is 0 Å². The van der Waals surface area contributed by atoms with E-state index < -0.39 is 21.0 Å². The first kappa shape index (κ1) is 18.4. The van der Waals surface area contributed by atoms with Crippen molar-refractivity contribution in [2.75, 3.05) is 5.75 Å². The van der Waals surface area contributed by atoms with Gasteiger partial charge in [-0.3, -0.25) is 10.0 Å². The molecule has 0 bridgehead atoms. The van der Waals surface area contributed by atoms with Crippen molar-refractivity contribution in [2.24, 2.45) is 0 Å². The van der Waals surface area contributed by atoms with Gasteiger partial charge in [0.05, 0.1) is 11.0 Å².